The summed E-state index contributed by atoms with van der Waals surface area (Å²) in [7, 11) is 0. The second kappa shape index (κ2) is 8.87. The number of ether oxygens (including phenoxy) is 1. The molecule has 0 radical (unpaired) electrons. The van der Waals surface area contributed by atoms with E-state index in [4.69, 9.17) is 4.74 Å². The lowest BCUT2D eigenvalue weighted by Gasteiger charge is -2.09. The molecule has 0 aliphatic carbocycles. The summed E-state index contributed by atoms with van der Waals surface area (Å²) in [5.74, 6) is -0.844. The minimum atomic E-state index is -0.449. The van der Waals surface area contributed by atoms with Gasteiger partial charge in [0.15, 0.2) is 0 Å². The normalized spacial score (nSPS) is 11.0. The molecular weight excluding hydrogens is 410 g/mol. The summed E-state index contributed by atoms with van der Waals surface area (Å²) in [6.45, 7) is 7.70. The van der Waals surface area contributed by atoms with Crippen molar-refractivity contribution < 1.29 is 14.3 Å². The van der Waals surface area contributed by atoms with Crippen molar-refractivity contribution in [2.24, 2.45) is 0 Å². The van der Waals surface area contributed by atoms with Gasteiger partial charge < -0.3 is 10.1 Å². The molecule has 1 N–H and O–H groups in total. The number of amides is 1. The summed E-state index contributed by atoms with van der Waals surface area (Å²) < 4.78 is 6.44. The molecule has 29 heavy (non-hydrogen) atoms. The van der Waals surface area contributed by atoms with Crippen LogP contribution in [0.2, 0.25) is 0 Å². The molecule has 3 aromatic heterocycles. The molecular formula is C20H23N3O4S2. The number of thiophene rings is 2. The highest BCUT2D eigenvalue weighted by atomic mass is 32.1. The zero-order valence-electron chi connectivity index (χ0n) is 16.8. The molecule has 0 fully saturated rings. The molecule has 154 valence electrons. The third kappa shape index (κ3) is 4.25. The van der Waals surface area contributed by atoms with Gasteiger partial charge in [-0.25, -0.2) is 9.78 Å². The summed E-state index contributed by atoms with van der Waals surface area (Å²) >= 11 is 2.82. The van der Waals surface area contributed by atoms with Crippen LogP contribution in [0.4, 0.5) is 5.00 Å². The molecule has 0 saturated carbocycles. The van der Waals surface area contributed by atoms with Crippen molar-refractivity contribution in [3.8, 4) is 0 Å². The Labute approximate surface area is 176 Å². The minimum absolute atomic E-state index is 0.181. The molecule has 7 nitrogen and oxygen atoms in total. The van der Waals surface area contributed by atoms with E-state index < -0.39 is 11.9 Å². The maximum Gasteiger partial charge on any atom is 0.341 e. The zero-order valence-corrected chi connectivity index (χ0v) is 18.5. The predicted molar refractivity (Wildman–Crippen MR) is 116 cm³/mol. The average Bonchev–Trinajstić information content (AvgIpc) is 3.25. The van der Waals surface area contributed by atoms with Gasteiger partial charge in [-0.05, 0) is 38.3 Å². The predicted octanol–water partition coefficient (Wildman–Crippen LogP) is 3.77. The maximum absolute atomic E-state index is 12.7. The first-order chi connectivity index (χ1) is 13.9. The Morgan fingerprint density at radius 1 is 1.21 bits per heavy atom. The molecule has 0 spiro atoms. The standard InChI is InChI=1S/C20H23N3O4S2/c1-5-12-8-14-17(29-12)21-10-23(19(14)25)9-15(24)22-18-16(20(26)27-7-3)13(6-2)11(4)28-18/h8,10H,5-7,9H2,1-4H3,(H,22,24). The number of rotatable bonds is 7. The fourth-order valence-corrected chi connectivity index (χ4v) is 5.20. The van der Waals surface area contributed by atoms with Crippen LogP contribution in [-0.4, -0.2) is 28.0 Å². The van der Waals surface area contributed by atoms with Gasteiger partial charge in [0.1, 0.15) is 16.4 Å². The second-order valence-corrected chi connectivity index (χ2v) is 8.77. The highest BCUT2D eigenvalue weighted by Gasteiger charge is 2.23. The molecule has 0 unspecified atom stereocenters. The fraction of sp³-hybridized carbons (Fsp3) is 0.400. The van der Waals surface area contributed by atoms with Crippen molar-refractivity contribution >= 4 is 49.8 Å². The number of esters is 1. The van der Waals surface area contributed by atoms with Crippen LogP contribution in [0.25, 0.3) is 10.2 Å². The van der Waals surface area contributed by atoms with Crippen molar-refractivity contribution in [3.05, 3.63) is 43.6 Å². The van der Waals surface area contributed by atoms with Crippen LogP contribution < -0.4 is 10.9 Å². The van der Waals surface area contributed by atoms with Gasteiger partial charge in [-0.15, -0.1) is 22.7 Å². The van der Waals surface area contributed by atoms with Crippen LogP contribution in [0.15, 0.2) is 17.2 Å². The summed E-state index contributed by atoms with van der Waals surface area (Å²) in [4.78, 5) is 44.7. The summed E-state index contributed by atoms with van der Waals surface area (Å²) in [5.41, 5.74) is 1.02. The lowest BCUT2D eigenvalue weighted by molar-refractivity contribution is -0.116. The number of nitrogens with one attached hydrogen (secondary N) is 1. The van der Waals surface area contributed by atoms with E-state index in [-0.39, 0.29) is 18.7 Å². The number of carbonyl (C=O) groups is 2. The third-order valence-electron chi connectivity index (χ3n) is 4.53. The number of hydrogen-bond donors (Lipinski definition) is 1. The molecule has 0 atom stereocenters. The van der Waals surface area contributed by atoms with Gasteiger partial charge in [0.25, 0.3) is 5.56 Å². The monoisotopic (exact) mass is 433 g/mol. The van der Waals surface area contributed by atoms with Crippen LogP contribution in [-0.2, 0) is 28.9 Å². The van der Waals surface area contributed by atoms with Crippen LogP contribution >= 0.6 is 22.7 Å². The molecule has 0 aromatic carbocycles. The molecule has 9 heteroatoms. The van der Waals surface area contributed by atoms with E-state index in [1.807, 2.05) is 26.8 Å². The van der Waals surface area contributed by atoms with Gasteiger partial charge in [0.2, 0.25) is 5.91 Å². The van der Waals surface area contributed by atoms with Crippen LogP contribution in [0.3, 0.4) is 0 Å². The lowest BCUT2D eigenvalue weighted by Crippen LogP contribution is -2.27. The number of anilines is 1. The van der Waals surface area contributed by atoms with Crippen LogP contribution in [0.5, 0.6) is 0 Å². The first-order valence-electron chi connectivity index (χ1n) is 9.46. The minimum Gasteiger partial charge on any atom is -0.462 e. The van der Waals surface area contributed by atoms with E-state index >= 15 is 0 Å². The Morgan fingerprint density at radius 2 is 1.97 bits per heavy atom. The zero-order chi connectivity index (χ0) is 21.1. The molecule has 3 heterocycles. The summed E-state index contributed by atoms with van der Waals surface area (Å²) in [5, 5.41) is 3.75. The number of aryl methyl sites for hydroxylation is 2. The molecule has 3 rings (SSSR count). The van der Waals surface area contributed by atoms with Crippen molar-refractivity contribution in [1.29, 1.82) is 0 Å². The first kappa shape index (κ1) is 21.2. The van der Waals surface area contributed by atoms with Crippen LogP contribution in [0, 0.1) is 6.92 Å². The molecule has 3 aromatic rings. The van der Waals surface area contributed by atoms with Gasteiger partial charge >= 0.3 is 5.97 Å². The van der Waals surface area contributed by atoms with Crippen molar-refractivity contribution in [3.63, 3.8) is 0 Å². The van der Waals surface area contributed by atoms with Crippen molar-refractivity contribution in [1.82, 2.24) is 9.55 Å². The fourth-order valence-electron chi connectivity index (χ4n) is 3.13. The van der Waals surface area contributed by atoms with Gasteiger partial charge in [-0.3, -0.25) is 14.2 Å². The Kier molecular flexibility index (Phi) is 6.49. The number of carbonyl (C=O) groups excluding carboxylic acids is 2. The van der Waals surface area contributed by atoms with E-state index in [1.165, 1.54) is 33.6 Å². The number of fused-ring (bicyclic) bond motifs is 1. The molecule has 0 aliphatic heterocycles. The Bertz CT molecular complexity index is 1130. The smallest absolute Gasteiger partial charge is 0.341 e. The van der Waals surface area contributed by atoms with E-state index in [2.05, 4.69) is 10.3 Å². The summed E-state index contributed by atoms with van der Waals surface area (Å²) in [6, 6.07) is 1.83. The topological polar surface area (TPSA) is 90.3 Å². The largest absolute Gasteiger partial charge is 0.462 e. The Morgan fingerprint density at radius 3 is 2.62 bits per heavy atom. The molecule has 0 aliphatic rings. The van der Waals surface area contributed by atoms with E-state index in [0.29, 0.717) is 27.2 Å². The lowest BCUT2D eigenvalue weighted by atomic mass is 10.1. The first-order valence-corrected chi connectivity index (χ1v) is 11.1. The highest BCUT2D eigenvalue weighted by Crippen LogP contribution is 2.34. The van der Waals surface area contributed by atoms with E-state index in [1.54, 1.807) is 6.92 Å². The Hall–Kier alpha value is -2.52. The summed E-state index contributed by atoms with van der Waals surface area (Å²) in [6.07, 6.45) is 2.88. The highest BCUT2D eigenvalue weighted by molar-refractivity contribution is 7.18. The third-order valence-corrected chi connectivity index (χ3v) is 6.78. The quantitative estimate of drug-likeness (QED) is 0.573. The van der Waals surface area contributed by atoms with Gasteiger partial charge in [-0.1, -0.05) is 13.8 Å². The Balaban J connectivity index is 1.86. The maximum atomic E-state index is 12.7. The number of nitrogens with zero attached hydrogens (tertiary/aromatic N) is 2. The van der Waals surface area contributed by atoms with E-state index in [9.17, 15) is 14.4 Å². The molecule has 0 bridgehead atoms. The number of hydrogen-bond acceptors (Lipinski definition) is 7. The average molecular weight is 434 g/mol. The van der Waals surface area contributed by atoms with E-state index in [0.717, 1.165) is 21.7 Å². The van der Waals surface area contributed by atoms with Gasteiger partial charge in [0.05, 0.1) is 23.9 Å². The SMILES string of the molecule is CCOC(=O)c1c(NC(=O)Cn2cnc3sc(CC)cc3c2=O)sc(C)c1CC. The molecule has 1 amide bonds. The van der Waals surface area contributed by atoms with Crippen molar-refractivity contribution in [2.75, 3.05) is 11.9 Å². The molecule has 0 saturated heterocycles. The van der Waals surface area contributed by atoms with Gasteiger partial charge in [0, 0.05) is 9.75 Å². The second-order valence-electron chi connectivity index (χ2n) is 6.43. The van der Waals surface area contributed by atoms with Crippen LogP contribution in [0.1, 0.15) is 46.4 Å². The number of aromatic nitrogens is 2. The van der Waals surface area contributed by atoms with Crippen molar-refractivity contribution in [2.45, 2.75) is 47.1 Å². The van der Waals surface area contributed by atoms with Gasteiger partial charge in [-0.2, -0.15) is 0 Å².